The smallest absolute Gasteiger partial charge is 0.234 e. The van der Waals surface area contributed by atoms with Crippen molar-refractivity contribution in [1.29, 1.82) is 0 Å². The van der Waals surface area contributed by atoms with Gasteiger partial charge in [0.2, 0.25) is 5.91 Å². The Morgan fingerprint density at radius 2 is 1.81 bits per heavy atom. The Morgan fingerprint density at radius 3 is 2.59 bits per heavy atom. The normalized spacial score (nSPS) is 16.1. The van der Waals surface area contributed by atoms with Crippen molar-refractivity contribution in [2.24, 2.45) is 5.92 Å². The summed E-state index contributed by atoms with van der Waals surface area (Å²) in [7, 11) is 4.17. The molecule has 5 heteroatoms. The summed E-state index contributed by atoms with van der Waals surface area (Å²) in [6.07, 6.45) is 4.41. The fraction of sp³-hybridized carbons (Fsp3) is 0.333. The van der Waals surface area contributed by atoms with E-state index in [1.54, 1.807) is 0 Å². The van der Waals surface area contributed by atoms with Crippen LogP contribution in [0.4, 0.5) is 0 Å². The molecular formula is C27H30N4O. The third-order valence-electron chi connectivity index (χ3n) is 6.70. The molecule has 0 fully saturated rings. The number of fused-ring (bicyclic) bond motifs is 3. The molecule has 0 saturated carbocycles. The molecule has 3 heterocycles. The fourth-order valence-electron chi connectivity index (χ4n) is 5.03. The Hall–Kier alpha value is -3.18. The first-order valence-corrected chi connectivity index (χ1v) is 11.4. The molecule has 1 atom stereocenters. The predicted molar refractivity (Wildman–Crippen MR) is 128 cm³/mol. The van der Waals surface area contributed by atoms with E-state index in [1.165, 1.54) is 22.2 Å². The molecule has 32 heavy (non-hydrogen) atoms. The lowest BCUT2D eigenvalue weighted by Gasteiger charge is -2.24. The van der Waals surface area contributed by atoms with Gasteiger partial charge in [-0.2, -0.15) is 0 Å². The lowest BCUT2D eigenvalue weighted by Crippen LogP contribution is -2.31. The molecule has 0 bridgehead atoms. The average Bonchev–Trinajstić information content (AvgIpc) is 3.29. The first-order chi connectivity index (χ1) is 15.5. The maximum Gasteiger partial charge on any atom is 0.234 e. The van der Waals surface area contributed by atoms with Crippen LogP contribution in [0.3, 0.4) is 0 Å². The van der Waals surface area contributed by atoms with Gasteiger partial charge in [-0.05, 0) is 51.1 Å². The second kappa shape index (κ2) is 8.40. The number of carbonyl (C=O) groups excluding carboxylic acids is 1. The zero-order chi connectivity index (χ0) is 22.2. The SMILES string of the molecule is Cc1c(CC2CCc3c(CN(C)C)c4ccccc4n3C2=O)ncn1Cc1ccccc1. The molecule has 5 rings (SSSR count). The van der Waals surface area contributed by atoms with Crippen LogP contribution in [0.25, 0.3) is 10.9 Å². The van der Waals surface area contributed by atoms with Gasteiger partial charge in [-0.1, -0.05) is 48.5 Å². The fourth-order valence-corrected chi connectivity index (χ4v) is 5.03. The van der Waals surface area contributed by atoms with Gasteiger partial charge in [-0.3, -0.25) is 9.36 Å². The minimum absolute atomic E-state index is 0.0377. The Morgan fingerprint density at radius 1 is 1.06 bits per heavy atom. The topological polar surface area (TPSA) is 43.1 Å². The molecule has 0 N–H and O–H groups in total. The first kappa shape index (κ1) is 20.7. The van der Waals surface area contributed by atoms with Crippen molar-refractivity contribution in [3.05, 3.63) is 89.1 Å². The van der Waals surface area contributed by atoms with E-state index in [1.807, 2.05) is 23.0 Å². The van der Waals surface area contributed by atoms with Crippen LogP contribution in [0.2, 0.25) is 0 Å². The molecule has 2 aromatic heterocycles. The monoisotopic (exact) mass is 426 g/mol. The summed E-state index contributed by atoms with van der Waals surface area (Å²) in [6, 6.07) is 18.8. The van der Waals surface area contributed by atoms with E-state index in [0.29, 0.717) is 6.42 Å². The number of nitrogens with zero attached hydrogens (tertiary/aromatic N) is 4. The second-order valence-corrected chi connectivity index (χ2v) is 9.18. The van der Waals surface area contributed by atoms with Crippen molar-refractivity contribution in [2.45, 2.75) is 39.3 Å². The molecule has 1 aliphatic rings. The molecule has 164 valence electrons. The lowest BCUT2D eigenvalue weighted by molar-refractivity contribution is 0.0807. The first-order valence-electron chi connectivity index (χ1n) is 11.4. The van der Waals surface area contributed by atoms with Gasteiger partial charge < -0.3 is 9.47 Å². The van der Waals surface area contributed by atoms with Crippen LogP contribution in [-0.2, 0) is 25.9 Å². The zero-order valence-electron chi connectivity index (χ0n) is 19.1. The average molecular weight is 427 g/mol. The maximum absolute atomic E-state index is 13.7. The van der Waals surface area contributed by atoms with E-state index in [2.05, 4.69) is 73.0 Å². The largest absolute Gasteiger partial charge is 0.330 e. The van der Waals surface area contributed by atoms with Gasteiger partial charge >= 0.3 is 0 Å². The highest BCUT2D eigenvalue weighted by Gasteiger charge is 2.32. The number of para-hydroxylation sites is 1. The summed E-state index contributed by atoms with van der Waals surface area (Å²) in [6.45, 7) is 3.77. The number of benzene rings is 2. The van der Waals surface area contributed by atoms with E-state index in [0.717, 1.165) is 42.8 Å². The number of rotatable bonds is 6. The van der Waals surface area contributed by atoms with Crippen molar-refractivity contribution < 1.29 is 4.79 Å². The number of aromatic nitrogens is 3. The second-order valence-electron chi connectivity index (χ2n) is 9.18. The summed E-state index contributed by atoms with van der Waals surface area (Å²) < 4.78 is 4.18. The maximum atomic E-state index is 13.7. The van der Waals surface area contributed by atoms with Gasteiger partial charge in [0.25, 0.3) is 0 Å². The van der Waals surface area contributed by atoms with E-state index in [-0.39, 0.29) is 11.8 Å². The zero-order valence-corrected chi connectivity index (χ0v) is 19.1. The van der Waals surface area contributed by atoms with Crippen molar-refractivity contribution >= 4 is 16.8 Å². The number of imidazole rings is 1. The highest BCUT2D eigenvalue weighted by molar-refractivity contribution is 5.97. The van der Waals surface area contributed by atoms with Gasteiger partial charge in [0.15, 0.2) is 0 Å². The molecule has 5 nitrogen and oxygen atoms in total. The van der Waals surface area contributed by atoms with Crippen LogP contribution < -0.4 is 0 Å². The van der Waals surface area contributed by atoms with Crippen molar-refractivity contribution in [2.75, 3.05) is 14.1 Å². The lowest BCUT2D eigenvalue weighted by atomic mass is 9.91. The van der Waals surface area contributed by atoms with Gasteiger partial charge in [0.05, 0.1) is 17.5 Å². The highest BCUT2D eigenvalue weighted by atomic mass is 16.2. The highest BCUT2D eigenvalue weighted by Crippen LogP contribution is 2.34. The molecule has 1 unspecified atom stereocenters. The number of carbonyl (C=O) groups is 1. The van der Waals surface area contributed by atoms with E-state index < -0.39 is 0 Å². The standard InChI is InChI=1S/C27H30N4O/c1-19-24(28-18-30(19)16-20-9-5-4-6-10-20)15-21-13-14-26-23(17-29(2)3)22-11-7-8-12-25(22)31(26)27(21)32/h4-12,18,21H,13-17H2,1-3H3. The van der Waals surface area contributed by atoms with Gasteiger partial charge in [0.1, 0.15) is 0 Å². The molecule has 2 aromatic carbocycles. The quantitative estimate of drug-likeness (QED) is 0.449. The molecule has 0 saturated heterocycles. The minimum Gasteiger partial charge on any atom is -0.330 e. The van der Waals surface area contributed by atoms with E-state index in [4.69, 9.17) is 4.98 Å². The summed E-state index contributed by atoms with van der Waals surface area (Å²) in [4.78, 5) is 20.5. The molecule has 0 aliphatic carbocycles. The molecule has 0 radical (unpaired) electrons. The van der Waals surface area contributed by atoms with Crippen LogP contribution in [0.5, 0.6) is 0 Å². The van der Waals surface area contributed by atoms with Crippen LogP contribution in [0.1, 0.15) is 39.4 Å². The minimum atomic E-state index is -0.0377. The summed E-state index contributed by atoms with van der Waals surface area (Å²) >= 11 is 0. The molecular weight excluding hydrogens is 396 g/mol. The van der Waals surface area contributed by atoms with Gasteiger partial charge in [-0.25, -0.2) is 4.98 Å². The third-order valence-corrected chi connectivity index (χ3v) is 6.70. The number of hydrogen-bond donors (Lipinski definition) is 0. The predicted octanol–water partition coefficient (Wildman–Crippen LogP) is 4.70. The molecule has 4 aromatic rings. The van der Waals surface area contributed by atoms with Crippen LogP contribution in [0.15, 0.2) is 60.9 Å². The Balaban J connectivity index is 1.43. The van der Waals surface area contributed by atoms with E-state index in [9.17, 15) is 4.79 Å². The third kappa shape index (κ3) is 3.67. The summed E-state index contributed by atoms with van der Waals surface area (Å²) in [5.41, 5.74) is 6.96. The summed E-state index contributed by atoms with van der Waals surface area (Å²) in [5, 5.41) is 1.20. The van der Waals surface area contributed by atoms with Crippen molar-refractivity contribution in [3.8, 4) is 0 Å². The van der Waals surface area contributed by atoms with Crippen LogP contribution in [0, 0.1) is 12.8 Å². The molecule has 1 aliphatic heterocycles. The Kier molecular flexibility index (Phi) is 5.43. The van der Waals surface area contributed by atoms with Gasteiger partial charge in [-0.15, -0.1) is 0 Å². The van der Waals surface area contributed by atoms with Gasteiger partial charge in [0, 0.05) is 42.2 Å². The van der Waals surface area contributed by atoms with Crippen LogP contribution in [-0.4, -0.2) is 39.0 Å². The Bertz CT molecular complexity index is 1270. The van der Waals surface area contributed by atoms with E-state index >= 15 is 0 Å². The molecule has 0 spiro atoms. The Labute approximate surface area is 189 Å². The summed E-state index contributed by atoms with van der Waals surface area (Å²) in [5.74, 6) is 0.175. The van der Waals surface area contributed by atoms with Crippen molar-refractivity contribution in [3.63, 3.8) is 0 Å². The van der Waals surface area contributed by atoms with Crippen molar-refractivity contribution in [1.82, 2.24) is 19.0 Å². The molecule has 0 amide bonds. The number of hydrogen-bond acceptors (Lipinski definition) is 3. The van der Waals surface area contributed by atoms with Crippen LogP contribution >= 0.6 is 0 Å².